The number of carbonyl (C=O) groups is 1. The molecule has 162 valence electrons. The summed E-state index contributed by atoms with van der Waals surface area (Å²) in [7, 11) is 0. The second-order valence-electron chi connectivity index (χ2n) is 6.99. The van der Waals surface area contributed by atoms with E-state index < -0.39 is 35.3 Å². The van der Waals surface area contributed by atoms with Gasteiger partial charge in [-0.3, -0.25) is 10.0 Å². The van der Waals surface area contributed by atoms with E-state index in [2.05, 4.69) is 16.5 Å². The summed E-state index contributed by atoms with van der Waals surface area (Å²) < 4.78 is 54.2. The zero-order valence-corrected chi connectivity index (χ0v) is 16.4. The van der Waals surface area contributed by atoms with Crippen LogP contribution in [0.25, 0.3) is 5.57 Å². The standard InChI is InChI=1S/C22H19F4N3O2/c1-3-14(19-27-12-11-16(28-19)22(24,25)26)10-9-13(2)17-18(15-7-5-4-6-8-15)21(17,23)20(30)29-31/h3-12,17-18,31H,2H2,1H3,(H,29,30)/b10-9-,14-3+/t17-,18-,21-/m1/s1. The van der Waals surface area contributed by atoms with Crippen molar-refractivity contribution in [3.05, 3.63) is 90.1 Å². The lowest BCUT2D eigenvalue weighted by molar-refractivity contribution is -0.141. The van der Waals surface area contributed by atoms with E-state index in [9.17, 15) is 18.0 Å². The molecule has 1 heterocycles. The number of hydrogen-bond acceptors (Lipinski definition) is 4. The molecule has 3 rings (SSSR count). The van der Waals surface area contributed by atoms with Crippen molar-refractivity contribution < 1.29 is 27.6 Å². The van der Waals surface area contributed by atoms with Crippen LogP contribution in [0.1, 0.15) is 29.9 Å². The number of hydroxylamine groups is 1. The first kappa shape index (κ1) is 22.4. The van der Waals surface area contributed by atoms with Crippen LogP contribution in [0.4, 0.5) is 17.6 Å². The SMILES string of the molecule is C=C(/C=C\C(=C/C)c1nccc(C(F)(F)F)n1)[C@@H]1[C@@H](c2ccccc2)[C@@]1(F)C(=O)NO. The summed E-state index contributed by atoms with van der Waals surface area (Å²) in [5, 5.41) is 8.97. The van der Waals surface area contributed by atoms with Crippen molar-refractivity contribution in [2.75, 3.05) is 0 Å². The number of rotatable bonds is 6. The Morgan fingerprint density at radius 1 is 1.23 bits per heavy atom. The Kier molecular flexibility index (Phi) is 6.08. The number of nitrogens with zero attached hydrogens (tertiary/aromatic N) is 2. The lowest BCUT2D eigenvalue weighted by Gasteiger charge is -2.08. The van der Waals surface area contributed by atoms with Crippen LogP contribution in [0.3, 0.4) is 0 Å². The number of allylic oxidation sites excluding steroid dienone is 5. The molecule has 5 nitrogen and oxygen atoms in total. The van der Waals surface area contributed by atoms with E-state index in [1.54, 1.807) is 37.3 Å². The average Bonchev–Trinajstić information content (AvgIpc) is 3.40. The molecule has 1 fully saturated rings. The summed E-state index contributed by atoms with van der Waals surface area (Å²) in [6.07, 6.45) is 0.707. The molecule has 2 aromatic rings. The van der Waals surface area contributed by atoms with E-state index in [0.717, 1.165) is 12.3 Å². The molecule has 0 aliphatic heterocycles. The molecule has 0 saturated heterocycles. The minimum absolute atomic E-state index is 0.156. The van der Waals surface area contributed by atoms with Crippen LogP contribution < -0.4 is 5.48 Å². The van der Waals surface area contributed by atoms with Gasteiger partial charge in [0.05, 0.1) is 0 Å². The first-order chi connectivity index (χ1) is 14.6. The number of aromatic nitrogens is 2. The van der Waals surface area contributed by atoms with Gasteiger partial charge in [0, 0.05) is 23.6 Å². The number of benzene rings is 1. The number of amides is 1. The molecule has 0 bridgehead atoms. The van der Waals surface area contributed by atoms with Crippen molar-refractivity contribution in [2.24, 2.45) is 5.92 Å². The van der Waals surface area contributed by atoms with Gasteiger partial charge < -0.3 is 0 Å². The maximum atomic E-state index is 15.4. The fraction of sp³-hybridized carbons (Fsp3) is 0.227. The molecule has 3 atom stereocenters. The van der Waals surface area contributed by atoms with Gasteiger partial charge in [0.2, 0.25) is 5.67 Å². The molecule has 1 amide bonds. The van der Waals surface area contributed by atoms with Crippen LogP contribution in [-0.2, 0) is 11.0 Å². The van der Waals surface area contributed by atoms with Crippen molar-refractivity contribution in [3.8, 4) is 0 Å². The fourth-order valence-electron chi connectivity index (χ4n) is 3.56. The largest absolute Gasteiger partial charge is 0.433 e. The number of carbonyl (C=O) groups excluding carboxylic acids is 1. The highest BCUT2D eigenvalue weighted by molar-refractivity contribution is 5.91. The Balaban J connectivity index is 1.86. The van der Waals surface area contributed by atoms with Crippen molar-refractivity contribution in [2.45, 2.75) is 24.7 Å². The summed E-state index contributed by atoms with van der Waals surface area (Å²) in [5.41, 5.74) is -1.08. The van der Waals surface area contributed by atoms with Gasteiger partial charge in [-0.1, -0.05) is 55.1 Å². The molecule has 1 saturated carbocycles. The number of hydrogen-bond donors (Lipinski definition) is 2. The van der Waals surface area contributed by atoms with E-state index >= 15 is 4.39 Å². The molecule has 0 radical (unpaired) electrons. The van der Waals surface area contributed by atoms with E-state index in [-0.39, 0.29) is 17.0 Å². The molecule has 31 heavy (non-hydrogen) atoms. The second kappa shape index (κ2) is 8.43. The molecule has 0 spiro atoms. The monoisotopic (exact) mass is 433 g/mol. The number of halogens is 4. The van der Waals surface area contributed by atoms with Crippen LogP contribution in [-0.4, -0.2) is 26.8 Å². The van der Waals surface area contributed by atoms with Gasteiger partial charge in [-0.05, 0) is 24.1 Å². The fourth-order valence-corrected chi connectivity index (χ4v) is 3.56. The van der Waals surface area contributed by atoms with E-state index in [1.807, 2.05) is 0 Å². The maximum Gasteiger partial charge on any atom is 0.433 e. The molecule has 9 heteroatoms. The van der Waals surface area contributed by atoms with Crippen LogP contribution in [0.5, 0.6) is 0 Å². The van der Waals surface area contributed by atoms with E-state index in [0.29, 0.717) is 5.56 Å². The lowest BCUT2D eigenvalue weighted by atomic mass is 10.0. The minimum Gasteiger partial charge on any atom is -0.289 e. The second-order valence-corrected chi connectivity index (χ2v) is 6.99. The summed E-state index contributed by atoms with van der Waals surface area (Å²) >= 11 is 0. The third-order valence-electron chi connectivity index (χ3n) is 5.13. The van der Waals surface area contributed by atoms with Gasteiger partial charge in [0.15, 0.2) is 5.82 Å². The highest BCUT2D eigenvalue weighted by Crippen LogP contribution is 2.63. The molecular weight excluding hydrogens is 414 g/mol. The molecule has 1 aromatic carbocycles. The topological polar surface area (TPSA) is 75.1 Å². The molecule has 1 aliphatic rings. The van der Waals surface area contributed by atoms with Crippen LogP contribution >= 0.6 is 0 Å². The van der Waals surface area contributed by atoms with Crippen LogP contribution in [0.15, 0.2) is 73.0 Å². The van der Waals surface area contributed by atoms with Gasteiger partial charge in [0.1, 0.15) is 5.69 Å². The van der Waals surface area contributed by atoms with Gasteiger partial charge in [-0.25, -0.2) is 19.8 Å². The highest BCUT2D eigenvalue weighted by Gasteiger charge is 2.72. The van der Waals surface area contributed by atoms with Crippen molar-refractivity contribution in [1.29, 1.82) is 0 Å². The molecule has 2 N–H and O–H groups in total. The third-order valence-corrected chi connectivity index (χ3v) is 5.13. The minimum atomic E-state index is -4.62. The summed E-state index contributed by atoms with van der Waals surface area (Å²) in [4.78, 5) is 19.4. The third kappa shape index (κ3) is 4.27. The molecule has 0 unspecified atom stereocenters. The van der Waals surface area contributed by atoms with Crippen molar-refractivity contribution in [1.82, 2.24) is 15.4 Å². The Morgan fingerprint density at radius 2 is 1.90 bits per heavy atom. The number of alkyl halides is 4. The maximum absolute atomic E-state index is 15.4. The Labute approximate surface area is 175 Å². The summed E-state index contributed by atoms with van der Waals surface area (Å²) in [6, 6.07) is 9.23. The Hall–Kier alpha value is -3.33. The van der Waals surface area contributed by atoms with Gasteiger partial charge in [0.25, 0.3) is 5.91 Å². The Morgan fingerprint density at radius 3 is 2.48 bits per heavy atom. The first-order valence-corrected chi connectivity index (χ1v) is 9.26. The average molecular weight is 433 g/mol. The normalized spacial score (nSPS) is 23.6. The molecular formula is C22H19F4N3O2. The predicted octanol–water partition coefficient (Wildman–Crippen LogP) is 4.64. The first-order valence-electron chi connectivity index (χ1n) is 9.26. The van der Waals surface area contributed by atoms with Gasteiger partial charge in [-0.15, -0.1) is 0 Å². The zero-order chi connectivity index (χ0) is 22.8. The van der Waals surface area contributed by atoms with E-state index in [1.165, 1.54) is 23.7 Å². The van der Waals surface area contributed by atoms with Crippen molar-refractivity contribution >= 4 is 11.5 Å². The molecule has 1 aromatic heterocycles. The highest BCUT2D eigenvalue weighted by atomic mass is 19.4. The quantitative estimate of drug-likeness (QED) is 0.301. The lowest BCUT2D eigenvalue weighted by Crippen LogP contribution is -2.33. The van der Waals surface area contributed by atoms with Crippen LogP contribution in [0, 0.1) is 5.92 Å². The van der Waals surface area contributed by atoms with Gasteiger partial charge in [-0.2, -0.15) is 13.2 Å². The smallest absolute Gasteiger partial charge is 0.289 e. The van der Waals surface area contributed by atoms with Crippen LogP contribution in [0.2, 0.25) is 0 Å². The van der Waals surface area contributed by atoms with Gasteiger partial charge >= 0.3 is 6.18 Å². The summed E-state index contributed by atoms with van der Waals surface area (Å²) in [5.74, 6) is -3.17. The van der Waals surface area contributed by atoms with E-state index in [4.69, 9.17) is 5.21 Å². The predicted molar refractivity (Wildman–Crippen MR) is 105 cm³/mol. The molecule has 1 aliphatic carbocycles. The Bertz CT molecular complexity index is 1050. The summed E-state index contributed by atoms with van der Waals surface area (Å²) in [6.45, 7) is 5.42. The zero-order valence-electron chi connectivity index (χ0n) is 16.4. The van der Waals surface area contributed by atoms with Crippen molar-refractivity contribution in [3.63, 3.8) is 0 Å². The number of nitrogens with one attached hydrogen (secondary N) is 1.